The second kappa shape index (κ2) is 6.49. The molecule has 17 heavy (non-hydrogen) atoms. The molecule has 1 N–H and O–H groups in total. The van der Waals surface area contributed by atoms with Gasteiger partial charge in [-0.05, 0) is 29.9 Å². The minimum Gasteiger partial charge on any atom is -0.311 e. The van der Waals surface area contributed by atoms with Gasteiger partial charge in [-0.25, -0.2) is 4.98 Å². The van der Waals surface area contributed by atoms with E-state index in [2.05, 4.69) is 39.1 Å². The molecule has 0 bridgehead atoms. The first kappa shape index (κ1) is 13.0. The number of nitrogens with one attached hydrogen (secondary N) is 1. The van der Waals surface area contributed by atoms with Crippen LogP contribution in [0.25, 0.3) is 0 Å². The average molecular weight is 285 g/mol. The van der Waals surface area contributed by atoms with Crippen molar-refractivity contribution in [2.24, 2.45) is 0 Å². The second-order valence-electron chi connectivity index (χ2n) is 3.75. The van der Waals surface area contributed by atoms with E-state index in [1.54, 1.807) is 23.1 Å². The van der Waals surface area contributed by atoms with Crippen LogP contribution in [0.3, 0.4) is 0 Å². The zero-order chi connectivity index (χ0) is 12.1. The Morgan fingerprint density at radius 3 is 3.06 bits per heavy atom. The Labute approximate surface area is 114 Å². The molecule has 0 saturated heterocycles. The number of thiophene rings is 1. The molecule has 0 saturated carbocycles. The molecule has 0 spiro atoms. The van der Waals surface area contributed by atoms with E-state index in [4.69, 9.17) is 0 Å². The van der Waals surface area contributed by atoms with E-state index in [0.29, 0.717) is 5.25 Å². The van der Waals surface area contributed by atoms with Gasteiger partial charge in [-0.2, -0.15) is 4.37 Å². The number of thioether (sulfide) groups is 1. The SMILES string of the molecule is Cc1nsc(SC(C)CNCc2cccs2)n1. The van der Waals surface area contributed by atoms with Gasteiger partial charge < -0.3 is 5.32 Å². The number of aromatic nitrogens is 2. The van der Waals surface area contributed by atoms with Crippen molar-refractivity contribution in [1.82, 2.24) is 14.7 Å². The van der Waals surface area contributed by atoms with Crippen molar-refractivity contribution in [2.45, 2.75) is 30.0 Å². The molecule has 0 aliphatic heterocycles. The smallest absolute Gasteiger partial charge is 0.170 e. The molecule has 1 atom stereocenters. The maximum Gasteiger partial charge on any atom is 0.170 e. The molecule has 0 aliphatic rings. The summed E-state index contributed by atoms with van der Waals surface area (Å²) in [5.41, 5.74) is 0. The third kappa shape index (κ3) is 4.39. The summed E-state index contributed by atoms with van der Waals surface area (Å²) >= 11 is 5.06. The van der Waals surface area contributed by atoms with Crippen LogP contribution in [0.5, 0.6) is 0 Å². The molecule has 0 aliphatic carbocycles. The minimum absolute atomic E-state index is 0.516. The zero-order valence-electron chi connectivity index (χ0n) is 9.84. The molecule has 0 fully saturated rings. The lowest BCUT2D eigenvalue weighted by molar-refractivity contribution is 0.690. The van der Waals surface area contributed by atoms with E-state index in [0.717, 1.165) is 23.3 Å². The number of hydrogen-bond acceptors (Lipinski definition) is 6. The van der Waals surface area contributed by atoms with Crippen LogP contribution in [0.4, 0.5) is 0 Å². The van der Waals surface area contributed by atoms with E-state index in [1.807, 2.05) is 6.92 Å². The van der Waals surface area contributed by atoms with Crippen molar-refractivity contribution >= 4 is 34.6 Å². The lowest BCUT2D eigenvalue weighted by Gasteiger charge is -2.09. The monoisotopic (exact) mass is 285 g/mol. The third-order valence-electron chi connectivity index (χ3n) is 2.12. The molecule has 6 heteroatoms. The molecule has 2 rings (SSSR count). The molecule has 2 aromatic heterocycles. The molecule has 2 aromatic rings. The topological polar surface area (TPSA) is 37.8 Å². The summed E-state index contributed by atoms with van der Waals surface area (Å²) in [6, 6.07) is 4.24. The largest absolute Gasteiger partial charge is 0.311 e. The van der Waals surface area contributed by atoms with Crippen molar-refractivity contribution in [1.29, 1.82) is 0 Å². The van der Waals surface area contributed by atoms with Gasteiger partial charge in [0.05, 0.1) is 0 Å². The Balaban J connectivity index is 1.69. The van der Waals surface area contributed by atoms with Crippen LogP contribution < -0.4 is 5.32 Å². The van der Waals surface area contributed by atoms with E-state index in [9.17, 15) is 0 Å². The Morgan fingerprint density at radius 1 is 1.53 bits per heavy atom. The van der Waals surface area contributed by atoms with Crippen LogP contribution in [0.2, 0.25) is 0 Å². The first-order valence-corrected chi connectivity index (χ1v) is 7.97. The van der Waals surface area contributed by atoms with E-state index < -0.39 is 0 Å². The fraction of sp³-hybridized carbons (Fsp3) is 0.455. The Hall–Kier alpha value is -0.430. The van der Waals surface area contributed by atoms with Crippen LogP contribution in [0, 0.1) is 6.92 Å². The number of hydrogen-bond donors (Lipinski definition) is 1. The van der Waals surface area contributed by atoms with Crippen molar-refractivity contribution in [3.63, 3.8) is 0 Å². The van der Waals surface area contributed by atoms with Gasteiger partial charge in [0.15, 0.2) is 4.34 Å². The van der Waals surface area contributed by atoms with Crippen LogP contribution in [0.1, 0.15) is 17.6 Å². The normalized spacial score (nSPS) is 12.8. The summed E-state index contributed by atoms with van der Waals surface area (Å²) in [5, 5.41) is 6.09. The zero-order valence-corrected chi connectivity index (χ0v) is 12.3. The predicted octanol–water partition coefficient (Wildman–Crippen LogP) is 3.18. The maximum absolute atomic E-state index is 4.35. The van der Waals surface area contributed by atoms with Gasteiger partial charge in [0.1, 0.15) is 5.82 Å². The van der Waals surface area contributed by atoms with Crippen LogP contribution in [0.15, 0.2) is 21.9 Å². The number of rotatable bonds is 6. The fourth-order valence-electron chi connectivity index (χ4n) is 1.35. The van der Waals surface area contributed by atoms with Gasteiger partial charge >= 0.3 is 0 Å². The second-order valence-corrected chi connectivity index (χ2v) is 7.22. The molecule has 0 aromatic carbocycles. The lowest BCUT2D eigenvalue weighted by Crippen LogP contribution is -2.21. The van der Waals surface area contributed by atoms with Gasteiger partial charge in [-0.1, -0.05) is 24.8 Å². The number of nitrogens with zero attached hydrogens (tertiary/aromatic N) is 2. The van der Waals surface area contributed by atoms with Crippen LogP contribution >= 0.6 is 34.6 Å². The summed E-state index contributed by atoms with van der Waals surface area (Å²) in [6.45, 7) is 6.09. The highest BCUT2D eigenvalue weighted by Crippen LogP contribution is 2.24. The summed E-state index contributed by atoms with van der Waals surface area (Å²) in [4.78, 5) is 5.74. The van der Waals surface area contributed by atoms with Crippen molar-refractivity contribution < 1.29 is 0 Å². The van der Waals surface area contributed by atoms with E-state index >= 15 is 0 Å². The summed E-state index contributed by atoms with van der Waals surface area (Å²) in [7, 11) is 0. The standard InChI is InChI=1S/C11H15N3S3/c1-8(16-11-13-9(2)14-17-11)6-12-7-10-4-3-5-15-10/h3-5,8,12H,6-7H2,1-2H3. The van der Waals surface area contributed by atoms with Crippen LogP contribution in [-0.4, -0.2) is 21.2 Å². The molecule has 1 unspecified atom stereocenters. The minimum atomic E-state index is 0.516. The van der Waals surface area contributed by atoms with Gasteiger partial charge in [-0.3, -0.25) is 0 Å². The van der Waals surface area contributed by atoms with Gasteiger partial charge in [0.2, 0.25) is 0 Å². The molecule has 2 heterocycles. The highest BCUT2D eigenvalue weighted by molar-refractivity contribution is 8.01. The first-order chi connectivity index (χ1) is 8.24. The highest BCUT2D eigenvalue weighted by atomic mass is 32.2. The Bertz CT molecular complexity index is 439. The molecule has 0 amide bonds. The van der Waals surface area contributed by atoms with Gasteiger partial charge in [0, 0.05) is 23.2 Å². The molecular formula is C11H15N3S3. The fourth-order valence-corrected chi connectivity index (χ4v) is 3.96. The number of aryl methyl sites for hydroxylation is 1. The van der Waals surface area contributed by atoms with E-state index in [1.165, 1.54) is 16.4 Å². The first-order valence-electron chi connectivity index (χ1n) is 5.44. The molecule has 0 radical (unpaired) electrons. The maximum atomic E-state index is 4.35. The summed E-state index contributed by atoms with van der Waals surface area (Å²) in [6.07, 6.45) is 0. The van der Waals surface area contributed by atoms with Gasteiger partial charge in [0.25, 0.3) is 0 Å². The summed E-state index contributed by atoms with van der Waals surface area (Å²) < 4.78 is 5.24. The third-order valence-corrected chi connectivity index (χ3v) is 4.98. The molecule has 92 valence electrons. The van der Waals surface area contributed by atoms with Crippen molar-refractivity contribution in [2.75, 3.05) is 6.54 Å². The Morgan fingerprint density at radius 2 is 2.41 bits per heavy atom. The van der Waals surface area contributed by atoms with Crippen molar-refractivity contribution in [3.8, 4) is 0 Å². The van der Waals surface area contributed by atoms with Gasteiger partial charge in [-0.15, -0.1) is 11.3 Å². The summed E-state index contributed by atoms with van der Waals surface area (Å²) in [5.74, 6) is 0.872. The molecular weight excluding hydrogens is 270 g/mol. The molecule has 3 nitrogen and oxygen atoms in total. The Kier molecular flexibility index (Phi) is 4.97. The quantitative estimate of drug-likeness (QED) is 0.827. The van der Waals surface area contributed by atoms with Crippen molar-refractivity contribution in [3.05, 3.63) is 28.2 Å². The van der Waals surface area contributed by atoms with Crippen LogP contribution in [-0.2, 0) is 6.54 Å². The predicted molar refractivity (Wildman–Crippen MR) is 76.0 cm³/mol. The lowest BCUT2D eigenvalue weighted by atomic mass is 10.4. The van der Waals surface area contributed by atoms with E-state index in [-0.39, 0.29) is 0 Å². The average Bonchev–Trinajstić information content (AvgIpc) is 2.90. The highest BCUT2D eigenvalue weighted by Gasteiger charge is 2.08.